The van der Waals surface area contributed by atoms with Gasteiger partial charge in [0.05, 0.1) is 12.4 Å². The molecule has 0 saturated carbocycles. The lowest BCUT2D eigenvalue weighted by Crippen LogP contribution is -2.39. The summed E-state index contributed by atoms with van der Waals surface area (Å²) >= 11 is 1.55. The van der Waals surface area contributed by atoms with Crippen molar-refractivity contribution in [3.8, 4) is 0 Å². The summed E-state index contributed by atoms with van der Waals surface area (Å²) < 4.78 is 21.7. The topological polar surface area (TPSA) is 66.4 Å². The Bertz CT molecular complexity index is 252. The second-order valence-electron chi connectivity index (χ2n) is 3.91. The third-order valence-electron chi connectivity index (χ3n) is 1.71. The van der Waals surface area contributed by atoms with Crippen LogP contribution in [-0.2, 0) is 9.84 Å². The average molecular weight is 255 g/mol. The Labute approximate surface area is 96.8 Å². The van der Waals surface area contributed by atoms with E-state index in [-0.39, 0.29) is 18.4 Å². The maximum atomic E-state index is 10.8. The van der Waals surface area contributed by atoms with E-state index in [4.69, 9.17) is 5.11 Å². The molecule has 4 nitrogen and oxygen atoms in total. The van der Waals surface area contributed by atoms with E-state index in [2.05, 4.69) is 5.32 Å². The van der Waals surface area contributed by atoms with Gasteiger partial charge in [0.2, 0.25) is 0 Å². The second-order valence-corrected chi connectivity index (χ2v) is 7.32. The molecule has 0 bridgehead atoms. The first kappa shape index (κ1) is 15.2. The number of thioether (sulfide) groups is 1. The van der Waals surface area contributed by atoms with Crippen molar-refractivity contribution in [1.29, 1.82) is 0 Å². The number of sulfone groups is 1. The lowest BCUT2D eigenvalue weighted by atomic mass is 10.3. The molecule has 6 heteroatoms. The van der Waals surface area contributed by atoms with E-state index in [9.17, 15) is 8.42 Å². The van der Waals surface area contributed by atoms with Crippen LogP contribution in [0.1, 0.15) is 13.8 Å². The summed E-state index contributed by atoms with van der Waals surface area (Å²) in [6.07, 6.45) is 1.24. The minimum atomic E-state index is -2.86. The Morgan fingerprint density at radius 1 is 1.40 bits per heavy atom. The van der Waals surface area contributed by atoms with Crippen molar-refractivity contribution >= 4 is 21.6 Å². The molecule has 15 heavy (non-hydrogen) atoms. The van der Waals surface area contributed by atoms with Crippen LogP contribution in [0.4, 0.5) is 0 Å². The van der Waals surface area contributed by atoms with Gasteiger partial charge >= 0.3 is 0 Å². The molecular formula is C9H21NO3S2. The highest BCUT2D eigenvalue weighted by Gasteiger charge is 2.09. The van der Waals surface area contributed by atoms with E-state index in [0.717, 1.165) is 5.75 Å². The molecule has 0 aromatic rings. The van der Waals surface area contributed by atoms with Gasteiger partial charge in [-0.05, 0) is 0 Å². The van der Waals surface area contributed by atoms with E-state index < -0.39 is 9.84 Å². The molecule has 0 radical (unpaired) electrons. The molecule has 0 aliphatic carbocycles. The molecule has 0 fully saturated rings. The fraction of sp³-hybridized carbons (Fsp3) is 1.00. The summed E-state index contributed by atoms with van der Waals surface area (Å²) in [6, 6.07) is 0.382. The molecule has 0 aromatic carbocycles. The zero-order valence-corrected chi connectivity index (χ0v) is 11.2. The van der Waals surface area contributed by atoms with Crippen molar-refractivity contribution in [3.05, 3.63) is 0 Å². The highest BCUT2D eigenvalue weighted by Crippen LogP contribution is 2.04. The maximum Gasteiger partial charge on any atom is 0.148 e. The van der Waals surface area contributed by atoms with Crippen LogP contribution in [-0.4, -0.2) is 55.7 Å². The molecule has 0 aliphatic heterocycles. The van der Waals surface area contributed by atoms with Crippen LogP contribution in [0.15, 0.2) is 0 Å². The summed E-state index contributed by atoms with van der Waals surface area (Å²) in [5.74, 6) is 1.54. The Morgan fingerprint density at radius 3 is 2.40 bits per heavy atom. The molecule has 1 atom stereocenters. The third kappa shape index (κ3) is 10.5. The molecule has 92 valence electrons. The first-order valence-corrected chi connectivity index (χ1v) is 8.19. The van der Waals surface area contributed by atoms with Gasteiger partial charge in [0, 0.05) is 29.8 Å². The van der Waals surface area contributed by atoms with Crippen molar-refractivity contribution in [1.82, 2.24) is 5.32 Å². The van der Waals surface area contributed by atoms with Gasteiger partial charge in [0.25, 0.3) is 0 Å². The maximum absolute atomic E-state index is 10.8. The number of aliphatic hydroxyl groups excluding tert-OH is 1. The number of hydrogen-bond donors (Lipinski definition) is 2. The van der Waals surface area contributed by atoms with Crippen LogP contribution in [0.5, 0.6) is 0 Å². The standard InChI is InChI=1S/C9H21NO3S2/c1-8(2)10-9(6-11)7-14-4-5-15(3,12)13/h8-11H,4-7H2,1-3H3. The molecule has 1 unspecified atom stereocenters. The van der Waals surface area contributed by atoms with Gasteiger partial charge in [-0.25, -0.2) is 8.42 Å². The summed E-state index contributed by atoms with van der Waals surface area (Å²) in [5.41, 5.74) is 0. The van der Waals surface area contributed by atoms with E-state index in [1.807, 2.05) is 13.8 Å². The van der Waals surface area contributed by atoms with Gasteiger partial charge in [0.15, 0.2) is 0 Å². The number of hydrogen-bond acceptors (Lipinski definition) is 5. The zero-order valence-electron chi connectivity index (χ0n) is 9.56. The Balaban J connectivity index is 3.64. The Hall–Kier alpha value is 0.220. The van der Waals surface area contributed by atoms with Gasteiger partial charge in [-0.3, -0.25) is 0 Å². The van der Waals surface area contributed by atoms with Gasteiger partial charge < -0.3 is 10.4 Å². The van der Waals surface area contributed by atoms with Gasteiger partial charge in [-0.1, -0.05) is 13.8 Å². The first-order valence-electron chi connectivity index (χ1n) is 4.97. The van der Waals surface area contributed by atoms with E-state index in [0.29, 0.717) is 11.8 Å². The van der Waals surface area contributed by atoms with E-state index in [1.165, 1.54) is 6.26 Å². The molecule has 0 aliphatic rings. The highest BCUT2D eigenvalue weighted by atomic mass is 32.2. The summed E-state index contributed by atoms with van der Waals surface area (Å²) in [4.78, 5) is 0. The quantitative estimate of drug-likeness (QED) is 0.603. The molecule has 0 saturated heterocycles. The zero-order chi connectivity index (χ0) is 11.9. The van der Waals surface area contributed by atoms with Gasteiger partial charge in [-0.2, -0.15) is 11.8 Å². The molecule has 0 spiro atoms. The van der Waals surface area contributed by atoms with Crippen molar-refractivity contribution in [2.24, 2.45) is 0 Å². The van der Waals surface area contributed by atoms with Gasteiger partial charge in [-0.15, -0.1) is 0 Å². The normalized spacial score (nSPS) is 14.5. The lowest BCUT2D eigenvalue weighted by Gasteiger charge is -2.18. The average Bonchev–Trinajstić information content (AvgIpc) is 2.08. The fourth-order valence-corrected chi connectivity index (χ4v) is 3.40. The fourth-order valence-electron chi connectivity index (χ4n) is 1.06. The molecule has 0 heterocycles. The van der Waals surface area contributed by atoms with Crippen molar-refractivity contribution < 1.29 is 13.5 Å². The minimum absolute atomic E-state index is 0.0505. The van der Waals surface area contributed by atoms with Crippen LogP contribution >= 0.6 is 11.8 Å². The van der Waals surface area contributed by atoms with Crippen LogP contribution in [0.3, 0.4) is 0 Å². The van der Waals surface area contributed by atoms with Crippen molar-refractivity contribution in [3.63, 3.8) is 0 Å². The van der Waals surface area contributed by atoms with E-state index >= 15 is 0 Å². The SMILES string of the molecule is CC(C)NC(CO)CSCCS(C)(=O)=O. The van der Waals surface area contributed by atoms with E-state index in [1.54, 1.807) is 11.8 Å². The van der Waals surface area contributed by atoms with Crippen LogP contribution < -0.4 is 5.32 Å². The van der Waals surface area contributed by atoms with Gasteiger partial charge in [0.1, 0.15) is 9.84 Å². The second kappa shape index (κ2) is 7.49. The molecule has 0 amide bonds. The third-order valence-corrected chi connectivity index (χ3v) is 4.04. The monoisotopic (exact) mass is 255 g/mol. The molecule has 2 N–H and O–H groups in total. The van der Waals surface area contributed by atoms with Crippen LogP contribution in [0.25, 0.3) is 0 Å². The van der Waals surface area contributed by atoms with Crippen LogP contribution in [0, 0.1) is 0 Å². The Kier molecular flexibility index (Phi) is 7.60. The molecule has 0 rings (SSSR count). The molecule has 0 aromatic heterocycles. The summed E-state index contributed by atoms with van der Waals surface area (Å²) in [6.45, 7) is 4.12. The van der Waals surface area contributed by atoms with Crippen LogP contribution in [0.2, 0.25) is 0 Å². The largest absolute Gasteiger partial charge is 0.395 e. The predicted molar refractivity (Wildman–Crippen MR) is 66.2 cm³/mol. The lowest BCUT2D eigenvalue weighted by molar-refractivity contribution is 0.247. The number of nitrogens with one attached hydrogen (secondary N) is 1. The van der Waals surface area contributed by atoms with Crippen molar-refractivity contribution in [2.45, 2.75) is 25.9 Å². The highest BCUT2D eigenvalue weighted by molar-refractivity contribution is 8.00. The Morgan fingerprint density at radius 2 is 2.00 bits per heavy atom. The summed E-state index contributed by atoms with van der Waals surface area (Å²) in [5, 5.41) is 12.2. The minimum Gasteiger partial charge on any atom is -0.395 e. The summed E-state index contributed by atoms with van der Waals surface area (Å²) in [7, 11) is -2.86. The number of aliphatic hydroxyl groups is 1. The predicted octanol–water partition coefficient (Wildman–Crippen LogP) is 0.123. The first-order chi connectivity index (χ1) is 6.85. The molecular weight excluding hydrogens is 234 g/mol. The smallest absolute Gasteiger partial charge is 0.148 e. The van der Waals surface area contributed by atoms with Crippen molar-refractivity contribution in [2.75, 3.05) is 30.1 Å². The number of rotatable bonds is 8.